The molecule has 5 nitrogen and oxygen atoms in total. The van der Waals surface area contributed by atoms with Crippen molar-refractivity contribution in [2.45, 2.75) is 18.9 Å². The van der Waals surface area contributed by atoms with Gasteiger partial charge in [0.15, 0.2) is 0 Å². The first-order chi connectivity index (χ1) is 6.92. The van der Waals surface area contributed by atoms with Gasteiger partial charge in [-0.3, -0.25) is 5.84 Å². The molecule has 2 heterocycles. The highest BCUT2D eigenvalue weighted by atomic mass is 32.1. The van der Waals surface area contributed by atoms with Crippen LogP contribution in [0, 0.1) is 0 Å². The van der Waals surface area contributed by atoms with Crippen molar-refractivity contribution in [1.82, 2.24) is 15.0 Å². The minimum absolute atomic E-state index is 0.158. The van der Waals surface area contributed by atoms with Gasteiger partial charge in [-0.25, -0.2) is 5.43 Å². The predicted octanol–water partition coefficient (Wildman–Crippen LogP) is 0.737. The smallest absolute Gasteiger partial charge is 0.123 e. The third-order valence-corrected chi connectivity index (χ3v) is 2.61. The average Bonchev–Trinajstić information content (AvgIpc) is 2.74. The summed E-state index contributed by atoms with van der Waals surface area (Å²) >= 11 is 1.31. The summed E-state index contributed by atoms with van der Waals surface area (Å²) in [5, 5.41) is 5.83. The molecule has 14 heavy (non-hydrogen) atoms. The van der Waals surface area contributed by atoms with Crippen LogP contribution in [0.3, 0.4) is 0 Å². The van der Waals surface area contributed by atoms with Crippen molar-refractivity contribution in [3.05, 3.63) is 22.9 Å². The number of nitrogens with two attached hydrogens (primary N) is 1. The summed E-state index contributed by atoms with van der Waals surface area (Å²) in [7, 11) is 0. The van der Waals surface area contributed by atoms with Crippen molar-refractivity contribution in [3.63, 3.8) is 0 Å². The standard InChI is InChI=1S/C8H12N4OS/c9-10-8(6-5-14-12-11-6)7-3-1-2-4-13-7/h3,5,8,10H,1-2,4,9H2. The van der Waals surface area contributed by atoms with Crippen LogP contribution in [0.1, 0.15) is 24.6 Å². The van der Waals surface area contributed by atoms with Gasteiger partial charge in [-0.2, -0.15) is 0 Å². The van der Waals surface area contributed by atoms with E-state index in [0.717, 1.165) is 30.9 Å². The molecule has 1 aromatic heterocycles. The fourth-order valence-electron chi connectivity index (χ4n) is 1.39. The molecular formula is C8H12N4OS. The number of ether oxygens (including phenoxy) is 1. The normalized spacial score (nSPS) is 18.5. The van der Waals surface area contributed by atoms with E-state index in [2.05, 4.69) is 15.0 Å². The van der Waals surface area contributed by atoms with Crippen LogP contribution in [0.4, 0.5) is 0 Å². The lowest BCUT2D eigenvalue weighted by atomic mass is 10.1. The van der Waals surface area contributed by atoms with E-state index in [-0.39, 0.29) is 6.04 Å². The van der Waals surface area contributed by atoms with Gasteiger partial charge in [0.2, 0.25) is 0 Å². The zero-order valence-corrected chi connectivity index (χ0v) is 8.46. The first kappa shape index (κ1) is 9.57. The van der Waals surface area contributed by atoms with Crippen molar-refractivity contribution in [1.29, 1.82) is 0 Å². The maximum absolute atomic E-state index is 5.51. The number of hydrogen-bond acceptors (Lipinski definition) is 6. The van der Waals surface area contributed by atoms with E-state index in [0.29, 0.717) is 0 Å². The van der Waals surface area contributed by atoms with Gasteiger partial charge >= 0.3 is 0 Å². The van der Waals surface area contributed by atoms with E-state index in [1.807, 2.05) is 11.5 Å². The molecule has 0 aliphatic carbocycles. The molecule has 76 valence electrons. The van der Waals surface area contributed by atoms with E-state index >= 15 is 0 Å². The van der Waals surface area contributed by atoms with E-state index in [1.165, 1.54) is 11.5 Å². The molecule has 0 spiro atoms. The summed E-state index contributed by atoms with van der Waals surface area (Å²) in [5.74, 6) is 6.31. The van der Waals surface area contributed by atoms with Gasteiger partial charge in [0, 0.05) is 5.38 Å². The van der Waals surface area contributed by atoms with Gasteiger partial charge in [0.25, 0.3) is 0 Å². The monoisotopic (exact) mass is 212 g/mol. The summed E-state index contributed by atoms with van der Waals surface area (Å²) in [4.78, 5) is 0. The Morgan fingerprint density at radius 2 is 2.57 bits per heavy atom. The number of hydrogen-bond donors (Lipinski definition) is 2. The molecule has 1 unspecified atom stereocenters. The van der Waals surface area contributed by atoms with E-state index in [4.69, 9.17) is 10.6 Å². The molecule has 1 aliphatic heterocycles. The second kappa shape index (κ2) is 4.50. The number of hydrazine groups is 1. The fraction of sp³-hybridized carbons (Fsp3) is 0.500. The Bertz CT molecular complexity index is 311. The Kier molecular flexibility index (Phi) is 3.07. The number of allylic oxidation sites excluding steroid dienone is 1. The SMILES string of the molecule is NNC(C1=CCCCO1)c1csnn1. The van der Waals surface area contributed by atoms with Crippen molar-refractivity contribution >= 4 is 11.5 Å². The van der Waals surface area contributed by atoms with Gasteiger partial charge in [0.1, 0.15) is 17.5 Å². The molecule has 0 radical (unpaired) electrons. The minimum Gasteiger partial charge on any atom is -0.496 e. The van der Waals surface area contributed by atoms with Crippen LogP contribution in [0.25, 0.3) is 0 Å². The molecule has 0 saturated heterocycles. The van der Waals surface area contributed by atoms with Crippen LogP contribution in [0.5, 0.6) is 0 Å². The van der Waals surface area contributed by atoms with Crippen LogP contribution in [-0.2, 0) is 4.74 Å². The number of aromatic nitrogens is 2. The van der Waals surface area contributed by atoms with Crippen LogP contribution in [0.2, 0.25) is 0 Å². The maximum atomic E-state index is 5.51. The van der Waals surface area contributed by atoms with Gasteiger partial charge in [-0.05, 0) is 30.5 Å². The van der Waals surface area contributed by atoms with Crippen molar-refractivity contribution in [2.24, 2.45) is 5.84 Å². The van der Waals surface area contributed by atoms with Crippen molar-refractivity contribution in [3.8, 4) is 0 Å². The third-order valence-electron chi connectivity index (χ3n) is 2.09. The zero-order chi connectivity index (χ0) is 9.80. The van der Waals surface area contributed by atoms with Gasteiger partial charge in [-0.15, -0.1) is 5.10 Å². The van der Waals surface area contributed by atoms with Crippen LogP contribution < -0.4 is 11.3 Å². The first-order valence-electron chi connectivity index (χ1n) is 4.47. The average molecular weight is 212 g/mol. The molecule has 0 saturated carbocycles. The highest BCUT2D eigenvalue weighted by molar-refractivity contribution is 7.03. The maximum Gasteiger partial charge on any atom is 0.123 e. The Morgan fingerprint density at radius 1 is 1.64 bits per heavy atom. The summed E-state index contributed by atoms with van der Waals surface area (Å²) < 4.78 is 9.31. The zero-order valence-electron chi connectivity index (χ0n) is 7.64. The Labute approximate surface area is 86.1 Å². The summed E-state index contributed by atoms with van der Waals surface area (Å²) in [5.41, 5.74) is 3.50. The third kappa shape index (κ3) is 1.92. The number of nitrogens with one attached hydrogen (secondary N) is 1. The van der Waals surface area contributed by atoms with Crippen molar-refractivity contribution in [2.75, 3.05) is 6.61 Å². The van der Waals surface area contributed by atoms with Crippen LogP contribution >= 0.6 is 11.5 Å². The second-order valence-corrected chi connectivity index (χ2v) is 3.64. The molecule has 0 amide bonds. The summed E-state index contributed by atoms with van der Waals surface area (Å²) in [6.45, 7) is 0.752. The van der Waals surface area contributed by atoms with E-state index in [9.17, 15) is 0 Å². The van der Waals surface area contributed by atoms with Gasteiger partial charge in [-0.1, -0.05) is 4.49 Å². The topological polar surface area (TPSA) is 73.1 Å². The highest BCUT2D eigenvalue weighted by Crippen LogP contribution is 2.24. The van der Waals surface area contributed by atoms with Crippen molar-refractivity contribution < 1.29 is 4.74 Å². The molecule has 1 aliphatic rings. The quantitative estimate of drug-likeness (QED) is 0.571. The molecule has 6 heteroatoms. The summed E-state index contributed by atoms with van der Waals surface area (Å²) in [6.07, 6.45) is 4.15. The lowest BCUT2D eigenvalue weighted by molar-refractivity contribution is 0.167. The Hall–Kier alpha value is -0.980. The molecule has 2 rings (SSSR count). The van der Waals surface area contributed by atoms with Crippen LogP contribution in [0.15, 0.2) is 17.2 Å². The minimum atomic E-state index is -0.158. The predicted molar refractivity (Wildman–Crippen MR) is 53.2 cm³/mol. The molecule has 0 aromatic carbocycles. The first-order valence-corrected chi connectivity index (χ1v) is 5.31. The van der Waals surface area contributed by atoms with E-state index in [1.54, 1.807) is 0 Å². The van der Waals surface area contributed by atoms with Gasteiger partial charge < -0.3 is 4.74 Å². The fourth-order valence-corrected chi connectivity index (χ4v) is 1.87. The van der Waals surface area contributed by atoms with Gasteiger partial charge in [0.05, 0.1) is 6.61 Å². The number of rotatable bonds is 3. The second-order valence-electron chi connectivity index (χ2n) is 3.03. The molecule has 0 fully saturated rings. The Morgan fingerprint density at radius 3 is 3.14 bits per heavy atom. The number of nitrogens with zero attached hydrogens (tertiary/aromatic N) is 2. The van der Waals surface area contributed by atoms with Crippen LogP contribution in [-0.4, -0.2) is 16.2 Å². The molecule has 0 bridgehead atoms. The lowest BCUT2D eigenvalue weighted by Crippen LogP contribution is -2.31. The Balaban J connectivity index is 2.16. The summed E-state index contributed by atoms with van der Waals surface area (Å²) in [6, 6.07) is -0.158. The molecule has 3 N–H and O–H groups in total. The molecule has 1 aromatic rings. The largest absolute Gasteiger partial charge is 0.496 e. The highest BCUT2D eigenvalue weighted by Gasteiger charge is 2.20. The molecular weight excluding hydrogens is 200 g/mol. The lowest BCUT2D eigenvalue weighted by Gasteiger charge is -2.21. The van der Waals surface area contributed by atoms with E-state index < -0.39 is 0 Å². The molecule has 1 atom stereocenters.